The number of hydrogen-bond donors (Lipinski definition) is 1. The highest BCUT2D eigenvalue weighted by Gasteiger charge is 2.10. The van der Waals surface area contributed by atoms with E-state index in [0.29, 0.717) is 17.3 Å². The molecule has 0 aliphatic heterocycles. The first-order chi connectivity index (χ1) is 7.20. The Balaban J connectivity index is 2.41. The predicted octanol–water partition coefficient (Wildman–Crippen LogP) is 1.45. The zero-order valence-electron chi connectivity index (χ0n) is 8.06. The molecule has 2 rings (SSSR count). The van der Waals surface area contributed by atoms with Crippen molar-refractivity contribution in [3.8, 4) is 0 Å². The van der Waals surface area contributed by atoms with Crippen LogP contribution in [0.3, 0.4) is 0 Å². The van der Waals surface area contributed by atoms with Crippen LogP contribution >= 0.6 is 11.3 Å². The number of carbonyl (C=O) groups excluding carboxylic acids is 1. The van der Waals surface area contributed by atoms with Crippen LogP contribution < -0.4 is 5.73 Å². The van der Waals surface area contributed by atoms with E-state index in [1.54, 1.807) is 13.0 Å². The van der Waals surface area contributed by atoms with E-state index in [0.717, 1.165) is 4.70 Å². The van der Waals surface area contributed by atoms with Gasteiger partial charge in [0.25, 0.3) is 0 Å². The van der Waals surface area contributed by atoms with Gasteiger partial charge in [0.15, 0.2) is 5.13 Å². The van der Waals surface area contributed by atoms with Crippen molar-refractivity contribution in [1.29, 1.82) is 0 Å². The standard InChI is InChI=1S/C9H9N3O2S/c1-2-14-8(13)5-3-7-6(4-11-5)12-9(10)15-7/h3-4H,2H2,1H3,(H2,10,12). The van der Waals surface area contributed by atoms with E-state index < -0.39 is 5.97 Å². The Morgan fingerprint density at radius 2 is 2.47 bits per heavy atom. The normalized spacial score (nSPS) is 10.5. The molecule has 0 atom stereocenters. The zero-order valence-corrected chi connectivity index (χ0v) is 8.87. The van der Waals surface area contributed by atoms with Gasteiger partial charge >= 0.3 is 5.97 Å². The monoisotopic (exact) mass is 223 g/mol. The maximum absolute atomic E-state index is 11.4. The highest BCUT2D eigenvalue weighted by Crippen LogP contribution is 2.23. The van der Waals surface area contributed by atoms with Crippen LogP contribution in [0.25, 0.3) is 10.2 Å². The van der Waals surface area contributed by atoms with Gasteiger partial charge in [-0.05, 0) is 13.0 Å². The van der Waals surface area contributed by atoms with Gasteiger partial charge < -0.3 is 10.5 Å². The number of hydrogen-bond acceptors (Lipinski definition) is 6. The van der Waals surface area contributed by atoms with Gasteiger partial charge in [-0.3, -0.25) is 0 Å². The van der Waals surface area contributed by atoms with Gasteiger partial charge in [-0.2, -0.15) is 0 Å². The van der Waals surface area contributed by atoms with Crippen molar-refractivity contribution in [3.05, 3.63) is 18.0 Å². The molecule has 0 aromatic carbocycles. The lowest BCUT2D eigenvalue weighted by Gasteiger charge is -1.99. The third-order valence-corrected chi connectivity index (χ3v) is 2.62. The first-order valence-electron chi connectivity index (χ1n) is 4.40. The van der Waals surface area contributed by atoms with Crippen molar-refractivity contribution in [2.45, 2.75) is 6.92 Å². The molecule has 2 aromatic heterocycles. The van der Waals surface area contributed by atoms with Gasteiger partial charge in [0.2, 0.25) is 0 Å². The molecule has 0 unspecified atom stereocenters. The summed E-state index contributed by atoms with van der Waals surface area (Å²) < 4.78 is 5.67. The SMILES string of the molecule is CCOC(=O)c1cc2sc(N)nc2cn1. The molecule has 5 nitrogen and oxygen atoms in total. The highest BCUT2D eigenvalue weighted by atomic mass is 32.1. The van der Waals surface area contributed by atoms with E-state index >= 15 is 0 Å². The van der Waals surface area contributed by atoms with Crippen LogP contribution in [0.5, 0.6) is 0 Å². The molecule has 0 radical (unpaired) electrons. The Morgan fingerprint density at radius 3 is 3.20 bits per heavy atom. The summed E-state index contributed by atoms with van der Waals surface area (Å²) in [5, 5.41) is 0.466. The summed E-state index contributed by atoms with van der Waals surface area (Å²) in [6.45, 7) is 2.09. The minimum Gasteiger partial charge on any atom is -0.461 e. The fraction of sp³-hybridized carbons (Fsp3) is 0.222. The van der Waals surface area contributed by atoms with Crippen LogP contribution in [-0.2, 0) is 4.74 Å². The lowest BCUT2D eigenvalue weighted by Crippen LogP contribution is -2.06. The van der Waals surface area contributed by atoms with Gasteiger partial charge in [0.1, 0.15) is 11.2 Å². The average Bonchev–Trinajstić information content (AvgIpc) is 2.57. The van der Waals surface area contributed by atoms with Crippen molar-refractivity contribution >= 4 is 32.7 Å². The number of pyridine rings is 1. The number of rotatable bonds is 2. The third-order valence-electron chi connectivity index (χ3n) is 1.78. The molecular weight excluding hydrogens is 214 g/mol. The maximum Gasteiger partial charge on any atom is 0.356 e. The number of thiazole rings is 1. The molecule has 15 heavy (non-hydrogen) atoms. The molecule has 0 aliphatic rings. The number of nitrogens with two attached hydrogens (primary N) is 1. The lowest BCUT2D eigenvalue weighted by atomic mass is 10.3. The van der Waals surface area contributed by atoms with Gasteiger partial charge in [0, 0.05) is 0 Å². The summed E-state index contributed by atoms with van der Waals surface area (Å²) in [6, 6.07) is 1.64. The summed E-state index contributed by atoms with van der Waals surface area (Å²) in [5.41, 5.74) is 6.52. The Morgan fingerprint density at radius 1 is 1.67 bits per heavy atom. The van der Waals surface area contributed by atoms with Gasteiger partial charge in [-0.1, -0.05) is 11.3 Å². The molecule has 6 heteroatoms. The average molecular weight is 223 g/mol. The molecule has 2 heterocycles. The molecule has 2 aromatic rings. The second kappa shape index (κ2) is 3.82. The second-order valence-corrected chi connectivity index (χ2v) is 3.87. The lowest BCUT2D eigenvalue weighted by molar-refractivity contribution is 0.0520. The highest BCUT2D eigenvalue weighted by molar-refractivity contribution is 7.22. The number of esters is 1. The Kier molecular flexibility index (Phi) is 2.51. The number of anilines is 1. The van der Waals surface area contributed by atoms with E-state index in [4.69, 9.17) is 10.5 Å². The van der Waals surface area contributed by atoms with Crippen LogP contribution in [0.2, 0.25) is 0 Å². The largest absolute Gasteiger partial charge is 0.461 e. The summed E-state index contributed by atoms with van der Waals surface area (Å²) in [4.78, 5) is 19.4. The van der Waals surface area contributed by atoms with Crippen molar-refractivity contribution < 1.29 is 9.53 Å². The number of aromatic nitrogens is 2. The minimum atomic E-state index is -0.425. The van der Waals surface area contributed by atoms with Crippen LogP contribution in [0.15, 0.2) is 12.3 Å². The Labute approximate surface area is 89.9 Å². The van der Waals surface area contributed by atoms with Crippen molar-refractivity contribution in [2.24, 2.45) is 0 Å². The molecule has 0 aliphatic carbocycles. The number of ether oxygens (including phenoxy) is 1. The molecule has 0 spiro atoms. The smallest absolute Gasteiger partial charge is 0.356 e. The molecule has 0 saturated carbocycles. The molecule has 0 amide bonds. The van der Waals surface area contributed by atoms with Crippen molar-refractivity contribution in [3.63, 3.8) is 0 Å². The van der Waals surface area contributed by atoms with Crippen LogP contribution in [0, 0.1) is 0 Å². The van der Waals surface area contributed by atoms with Crippen molar-refractivity contribution in [2.75, 3.05) is 12.3 Å². The molecule has 0 bridgehead atoms. The molecular formula is C9H9N3O2S. The van der Waals surface area contributed by atoms with E-state index in [2.05, 4.69) is 9.97 Å². The molecule has 0 fully saturated rings. The van der Waals surface area contributed by atoms with Gasteiger partial charge in [0.05, 0.1) is 17.5 Å². The van der Waals surface area contributed by atoms with Crippen LogP contribution in [-0.4, -0.2) is 22.5 Å². The summed E-state index contributed by atoms with van der Waals surface area (Å²) in [6.07, 6.45) is 1.52. The first-order valence-corrected chi connectivity index (χ1v) is 5.21. The van der Waals surface area contributed by atoms with E-state index in [9.17, 15) is 4.79 Å². The molecule has 2 N–H and O–H groups in total. The fourth-order valence-corrected chi connectivity index (χ4v) is 1.91. The van der Waals surface area contributed by atoms with Crippen LogP contribution in [0.1, 0.15) is 17.4 Å². The zero-order chi connectivity index (χ0) is 10.8. The van der Waals surface area contributed by atoms with Gasteiger partial charge in [-0.15, -0.1) is 0 Å². The molecule has 78 valence electrons. The number of nitrogen functional groups attached to an aromatic ring is 1. The second-order valence-electron chi connectivity index (χ2n) is 2.81. The Hall–Kier alpha value is -1.69. The Bertz CT molecular complexity index is 509. The van der Waals surface area contributed by atoms with E-state index in [1.807, 2.05) is 0 Å². The van der Waals surface area contributed by atoms with E-state index in [-0.39, 0.29) is 5.69 Å². The maximum atomic E-state index is 11.4. The first kappa shape index (κ1) is 9.85. The number of fused-ring (bicyclic) bond motifs is 1. The fourth-order valence-electron chi connectivity index (χ4n) is 1.17. The summed E-state index contributed by atoms with van der Waals surface area (Å²) >= 11 is 1.32. The van der Waals surface area contributed by atoms with Crippen molar-refractivity contribution in [1.82, 2.24) is 9.97 Å². The number of carbonyl (C=O) groups is 1. The van der Waals surface area contributed by atoms with E-state index in [1.165, 1.54) is 17.5 Å². The minimum absolute atomic E-state index is 0.285. The summed E-state index contributed by atoms with van der Waals surface area (Å²) in [5.74, 6) is -0.425. The summed E-state index contributed by atoms with van der Waals surface area (Å²) in [7, 11) is 0. The van der Waals surface area contributed by atoms with Gasteiger partial charge in [-0.25, -0.2) is 14.8 Å². The molecule has 0 saturated heterocycles. The predicted molar refractivity (Wildman–Crippen MR) is 57.8 cm³/mol. The number of nitrogens with zero attached hydrogens (tertiary/aromatic N) is 2. The topological polar surface area (TPSA) is 78.1 Å². The van der Waals surface area contributed by atoms with Crippen LogP contribution in [0.4, 0.5) is 5.13 Å². The quantitative estimate of drug-likeness (QED) is 0.779. The third kappa shape index (κ3) is 1.89.